The Morgan fingerprint density at radius 3 is 2.72 bits per heavy atom. The second kappa shape index (κ2) is 7.01. The molecule has 3 rings (SSSR count). The number of hydrogen-bond acceptors (Lipinski definition) is 3. The summed E-state index contributed by atoms with van der Waals surface area (Å²) >= 11 is 0. The standard InChI is InChI=1S/C19H18F2N2O2/c1-12(24)15-6-2-3-7-17(15)22-18(25)11-23-8-4-5-13-9-14(20)10-16(21)19(13)23/h2-3,6-7,9-10H,4-5,8,11H2,1H3,(H,22,25). The number of ketones is 1. The van der Waals surface area contributed by atoms with E-state index >= 15 is 0 Å². The lowest BCUT2D eigenvalue weighted by Crippen LogP contribution is -2.37. The molecule has 0 unspecified atom stereocenters. The molecule has 0 saturated carbocycles. The number of benzene rings is 2. The van der Waals surface area contributed by atoms with Crippen molar-refractivity contribution in [2.24, 2.45) is 0 Å². The molecule has 0 aliphatic carbocycles. The molecule has 130 valence electrons. The summed E-state index contributed by atoms with van der Waals surface area (Å²) in [5.41, 5.74) is 1.70. The molecule has 1 amide bonds. The molecule has 0 bridgehead atoms. The van der Waals surface area contributed by atoms with Gasteiger partial charge in [0.15, 0.2) is 5.78 Å². The molecule has 0 atom stereocenters. The molecule has 0 saturated heterocycles. The molecule has 1 aliphatic heterocycles. The first-order valence-corrected chi connectivity index (χ1v) is 8.08. The molecule has 2 aromatic rings. The first-order valence-electron chi connectivity index (χ1n) is 8.08. The minimum Gasteiger partial charge on any atom is -0.360 e. The van der Waals surface area contributed by atoms with Gasteiger partial charge in [0.1, 0.15) is 11.6 Å². The number of carbonyl (C=O) groups is 2. The average Bonchev–Trinajstić information content (AvgIpc) is 2.54. The highest BCUT2D eigenvalue weighted by molar-refractivity contribution is 6.04. The number of nitrogens with zero attached hydrogens (tertiary/aromatic N) is 1. The highest BCUT2D eigenvalue weighted by Gasteiger charge is 2.24. The monoisotopic (exact) mass is 344 g/mol. The van der Waals surface area contributed by atoms with Crippen LogP contribution in [0.15, 0.2) is 36.4 Å². The first-order chi connectivity index (χ1) is 12.0. The summed E-state index contributed by atoms with van der Waals surface area (Å²) in [6.45, 7) is 1.87. The quantitative estimate of drug-likeness (QED) is 0.863. The Balaban J connectivity index is 1.79. The van der Waals surface area contributed by atoms with Crippen LogP contribution in [-0.4, -0.2) is 24.8 Å². The molecule has 1 N–H and O–H groups in total. The van der Waals surface area contributed by atoms with E-state index in [1.54, 1.807) is 29.2 Å². The van der Waals surface area contributed by atoms with Crippen molar-refractivity contribution < 1.29 is 18.4 Å². The van der Waals surface area contributed by atoms with E-state index in [0.29, 0.717) is 36.2 Å². The van der Waals surface area contributed by atoms with E-state index in [1.807, 2.05) is 0 Å². The molecule has 2 aromatic carbocycles. The van der Waals surface area contributed by atoms with E-state index < -0.39 is 11.6 Å². The fourth-order valence-electron chi connectivity index (χ4n) is 3.16. The van der Waals surface area contributed by atoms with Crippen LogP contribution >= 0.6 is 0 Å². The Bertz CT molecular complexity index is 836. The highest BCUT2D eigenvalue weighted by Crippen LogP contribution is 2.30. The fraction of sp³-hybridized carbons (Fsp3) is 0.263. The van der Waals surface area contributed by atoms with Crippen molar-refractivity contribution in [1.82, 2.24) is 0 Å². The summed E-state index contributed by atoms with van der Waals surface area (Å²) in [6.07, 6.45) is 1.29. The molecule has 0 spiro atoms. The van der Waals surface area contributed by atoms with Gasteiger partial charge >= 0.3 is 0 Å². The van der Waals surface area contributed by atoms with Crippen LogP contribution < -0.4 is 10.2 Å². The number of fused-ring (bicyclic) bond motifs is 1. The van der Waals surface area contributed by atoms with Gasteiger partial charge in [-0.05, 0) is 43.5 Å². The van der Waals surface area contributed by atoms with E-state index in [2.05, 4.69) is 5.32 Å². The van der Waals surface area contributed by atoms with Crippen LogP contribution in [0.5, 0.6) is 0 Å². The minimum absolute atomic E-state index is 0.0677. The topological polar surface area (TPSA) is 49.4 Å². The summed E-state index contributed by atoms with van der Waals surface area (Å²) in [5, 5.41) is 2.70. The SMILES string of the molecule is CC(=O)c1ccccc1NC(=O)CN1CCCc2cc(F)cc(F)c21. The van der Waals surface area contributed by atoms with Crippen LogP contribution in [0, 0.1) is 11.6 Å². The highest BCUT2D eigenvalue weighted by atomic mass is 19.1. The number of hydrogen-bond donors (Lipinski definition) is 1. The third kappa shape index (κ3) is 3.68. The lowest BCUT2D eigenvalue weighted by Gasteiger charge is -2.31. The van der Waals surface area contributed by atoms with E-state index in [0.717, 1.165) is 6.07 Å². The molecule has 0 radical (unpaired) electrons. The van der Waals surface area contributed by atoms with Gasteiger partial charge in [0, 0.05) is 18.2 Å². The number of carbonyl (C=O) groups excluding carboxylic acids is 2. The van der Waals surface area contributed by atoms with Crippen LogP contribution in [0.4, 0.5) is 20.2 Å². The number of amides is 1. The summed E-state index contributed by atoms with van der Waals surface area (Å²) in [5.74, 6) is -1.78. The van der Waals surface area contributed by atoms with Gasteiger partial charge < -0.3 is 10.2 Å². The zero-order valence-electron chi connectivity index (χ0n) is 13.8. The third-order valence-electron chi connectivity index (χ3n) is 4.21. The average molecular weight is 344 g/mol. The van der Waals surface area contributed by atoms with Crippen molar-refractivity contribution in [2.75, 3.05) is 23.3 Å². The largest absolute Gasteiger partial charge is 0.360 e. The smallest absolute Gasteiger partial charge is 0.243 e. The molecule has 0 fully saturated rings. The molecule has 1 aliphatic rings. The van der Waals surface area contributed by atoms with Crippen molar-refractivity contribution in [3.63, 3.8) is 0 Å². The van der Waals surface area contributed by atoms with Crippen LogP contribution in [0.3, 0.4) is 0 Å². The number of aryl methyl sites for hydroxylation is 1. The Labute approximate surface area is 144 Å². The zero-order chi connectivity index (χ0) is 18.0. The third-order valence-corrected chi connectivity index (χ3v) is 4.21. The first kappa shape index (κ1) is 17.1. The van der Waals surface area contributed by atoms with E-state index in [4.69, 9.17) is 0 Å². The zero-order valence-corrected chi connectivity index (χ0v) is 13.8. The Morgan fingerprint density at radius 1 is 1.20 bits per heavy atom. The van der Waals surface area contributed by atoms with Crippen LogP contribution in [-0.2, 0) is 11.2 Å². The molecule has 4 nitrogen and oxygen atoms in total. The van der Waals surface area contributed by atoms with Gasteiger partial charge in [-0.1, -0.05) is 12.1 Å². The molecular weight excluding hydrogens is 326 g/mol. The van der Waals surface area contributed by atoms with E-state index in [1.165, 1.54) is 13.0 Å². The van der Waals surface area contributed by atoms with Crippen LogP contribution in [0.1, 0.15) is 29.3 Å². The van der Waals surface area contributed by atoms with E-state index in [9.17, 15) is 18.4 Å². The van der Waals surface area contributed by atoms with Crippen molar-refractivity contribution in [1.29, 1.82) is 0 Å². The van der Waals surface area contributed by atoms with Gasteiger partial charge in [-0.15, -0.1) is 0 Å². The maximum Gasteiger partial charge on any atom is 0.243 e. The van der Waals surface area contributed by atoms with Gasteiger partial charge in [-0.3, -0.25) is 9.59 Å². The maximum absolute atomic E-state index is 14.2. The lowest BCUT2D eigenvalue weighted by atomic mass is 10.0. The summed E-state index contributed by atoms with van der Waals surface area (Å²) in [4.78, 5) is 25.6. The van der Waals surface area contributed by atoms with Crippen LogP contribution in [0.2, 0.25) is 0 Å². The Kier molecular flexibility index (Phi) is 4.79. The van der Waals surface area contributed by atoms with E-state index in [-0.39, 0.29) is 23.9 Å². The maximum atomic E-state index is 14.2. The number of para-hydroxylation sites is 1. The molecule has 1 heterocycles. The van der Waals surface area contributed by atoms with Gasteiger partial charge in [-0.2, -0.15) is 0 Å². The van der Waals surface area contributed by atoms with Gasteiger partial charge in [0.2, 0.25) is 5.91 Å². The number of anilines is 2. The molecule has 0 aromatic heterocycles. The van der Waals surface area contributed by atoms with Crippen molar-refractivity contribution >= 4 is 23.1 Å². The minimum atomic E-state index is -0.661. The number of rotatable bonds is 4. The summed E-state index contributed by atoms with van der Waals surface area (Å²) < 4.78 is 27.6. The Morgan fingerprint density at radius 2 is 1.96 bits per heavy atom. The second-order valence-electron chi connectivity index (χ2n) is 6.07. The molecule has 6 heteroatoms. The molecular formula is C19H18F2N2O2. The predicted molar refractivity (Wildman–Crippen MR) is 92.0 cm³/mol. The van der Waals surface area contributed by atoms with Gasteiger partial charge in [-0.25, -0.2) is 8.78 Å². The summed E-state index contributed by atoms with van der Waals surface area (Å²) in [6, 6.07) is 8.87. The van der Waals surface area contributed by atoms with Gasteiger partial charge in [0.05, 0.1) is 17.9 Å². The normalized spacial score (nSPS) is 13.3. The van der Waals surface area contributed by atoms with Crippen molar-refractivity contribution in [3.8, 4) is 0 Å². The number of nitrogens with one attached hydrogen (secondary N) is 1. The lowest BCUT2D eigenvalue weighted by molar-refractivity contribution is -0.115. The van der Waals surface area contributed by atoms with Gasteiger partial charge in [0.25, 0.3) is 0 Å². The molecule has 25 heavy (non-hydrogen) atoms. The number of halogens is 2. The predicted octanol–water partition coefficient (Wildman–Crippen LogP) is 3.56. The number of Topliss-reactive ketones (excluding diaryl/α,β-unsaturated/α-hetero) is 1. The van der Waals surface area contributed by atoms with Crippen LogP contribution in [0.25, 0.3) is 0 Å². The van der Waals surface area contributed by atoms with Crippen molar-refractivity contribution in [2.45, 2.75) is 19.8 Å². The Hall–Kier alpha value is -2.76. The fourth-order valence-corrected chi connectivity index (χ4v) is 3.16. The second-order valence-corrected chi connectivity index (χ2v) is 6.07. The summed E-state index contributed by atoms with van der Waals surface area (Å²) in [7, 11) is 0. The van der Waals surface area contributed by atoms with Crippen molar-refractivity contribution in [3.05, 3.63) is 59.2 Å².